The van der Waals surface area contributed by atoms with Crippen molar-refractivity contribution >= 4 is 11.9 Å². The number of hydrogen-bond acceptors (Lipinski definition) is 5. The average Bonchev–Trinajstić information content (AvgIpc) is 3.22. The van der Waals surface area contributed by atoms with E-state index in [0.29, 0.717) is 51.6 Å². The van der Waals surface area contributed by atoms with Gasteiger partial charge in [-0.05, 0) is 17.7 Å². The van der Waals surface area contributed by atoms with Crippen LogP contribution in [0.3, 0.4) is 0 Å². The van der Waals surface area contributed by atoms with E-state index in [1.54, 1.807) is 28.3 Å². The van der Waals surface area contributed by atoms with Crippen LogP contribution in [0.15, 0.2) is 54.9 Å². The first kappa shape index (κ1) is 20.2. The van der Waals surface area contributed by atoms with E-state index in [2.05, 4.69) is 10.3 Å². The third kappa shape index (κ3) is 4.88. The molecule has 0 unspecified atom stereocenters. The summed E-state index contributed by atoms with van der Waals surface area (Å²) in [5.41, 5.74) is 1.00. The van der Waals surface area contributed by atoms with Crippen LogP contribution in [0.4, 0.5) is 4.79 Å². The fourth-order valence-corrected chi connectivity index (χ4v) is 3.82. The lowest BCUT2D eigenvalue weighted by molar-refractivity contribution is -0.139. The summed E-state index contributed by atoms with van der Waals surface area (Å²) in [6, 6.07) is 12.5. The maximum absolute atomic E-state index is 13.2. The highest BCUT2D eigenvalue weighted by molar-refractivity contribution is 5.88. The number of pyridine rings is 1. The van der Waals surface area contributed by atoms with Crippen molar-refractivity contribution in [2.45, 2.75) is 25.1 Å². The van der Waals surface area contributed by atoms with Crippen molar-refractivity contribution in [3.63, 3.8) is 0 Å². The van der Waals surface area contributed by atoms with E-state index < -0.39 is 6.04 Å². The summed E-state index contributed by atoms with van der Waals surface area (Å²) in [5.74, 6) is 0.581. The third-order valence-corrected chi connectivity index (χ3v) is 5.36. The van der Waals surface area contributed by atoms with Gasteiger partial charge >= 0.3 is 6.03 Å². The second-order valence-electron chi connectivity index (χ2n) is 7.41. The number of morpholine rings is 1. The molecule has 3 heterocycles. The summed E-state index contributed by atoms with van der Waals surface area (Å²) >= 11 is 0. The number of carbonyl (C=O) groups excluding carboxylic acids is 2. The zero-order valence-corrected chi connectivity index (χ0v) is 16.8. The van der Waals surface area contributed by atoms with E-state index in [9.17, 15) is 9.59 Å². The van der Waals surface area contributed by atoms with Crippen LogP contribution in [0.1, 0.15) is 12.0 Å². The zero-order valence-electron chi connectivity index (χ0n) is 16.8. The second-order valence-corrected chi connectivity index (χ2v) is 7.41. The third-order valence-electron chi connectivity index (χ3n) is 5.36. The summed E-state index contributed by atoms with van der Waals surface area (Å²) in [5, 5.41) is 2.94. The molecule has 1 aromatic carbocycles. The van der Waals surface area contributed by atoms with Crippen molar-refractivity contribution in [3.8, 4) is 5.75 Å². The number of nitrogens with one attached hydrogen (secondary N) is 1. The molecule has 2 aliphatic rings. The molecule has 2 aliphatic heterocycles. The first-order valence-corrected chi connectivity index (χ1v) is 10.2. The number of nitrogens with zero attached hydrogens (tertiary/aromatic N) is 3. The van der Waals surface area contributed by atoms with Gasteiger partial charge in [0.2, 0.25) is 5.91 Å². The van der Waals surface area contributed by atoms with Crippen molar-refractivity contribution in [2.75, 3.05) is 32.8 Å². The Morgan fingerprint density at radius 2 is 1.93 bits per heavy atom. The summed E-state index contributed by atoms with van der Waals surface area (Å²) in [4.78, 5) is 33.6. The zero-order chi connectivity index (χ0) is 20.8. The van der Waals surface area contributed by atoms with Crippen LogP contribution in [-0.4, -0.2) is 71.7 Å². The molecule has 0 saturated carbocycles. The molecular weight excluding hydrogens is 384 g/mol. The Balaban J connectivity index is 1.45. The van der Waals surface area contributed by atoms with Gasteiger partial charge in [-0.3, -0.25) is 9.78 Å². The molecule has 0 radical (unpaired) electrons. The fourth-order valence-electron chi connectivity index (χ4n) is 3.82. The van der Waals surface area contributed by atoms with Gasteiger partial charge < -0.3 is 24.6 Å². The molecule has 0 bridgehead atoms. The van der Waals surface area contributed by atoms with Gasteiger partial charge in [0.1, 0.15) is 17.9 Å². The molecule has 0 spiro atoms. The first-order chi connectivity index (χ1) is 14.7. The first-order valence-electron chi connectivity index (χ1n) is 10.2. The molecule has 30 heavy (non-hydrogen) atoms. The van der Waals surface area contributed by atoms with Gasteiger partial charge in [-0.25, -0.2) is 4.79 Å². The van der Waals surface area contributed by atoms with Crippen molar-refractivity contribution in [1.82, 2.24) is 20.1 Å². The Bertz CT molecular complexity index is 843. The molecule has 2 atom stereocenters. The number of rotatable bonds is 5. The van der Waals surface area contributed by atoms with Crippen molar-refractivity contribution < 1.29 is 19.1 Å². The maximum Gasteiger partial charge on any atom is 0.318 e. The highest BCUT2D eigenvalue weighted by Crippen LogP contribution is 2.25. The normalized spacial score (nSPS) is 21.3. The van der Waals surface area contributed by atoms with E-state index in [1.165, 1.54) is 0 Å². The Hall–Kier alpha value is -3.13. The molecule has 158 valence electrons. The lowest BCUT2D eigenvalue weighted by Crippen LogP contribution is -2.52. The smallest absolute Gasteiger partial charge is 0.318 e. The van der Waals surface area contributed by atoms with Gasteiger partial charge in [0, 0.05) is 32.3 Å². The Labute approximate surface area is 175 Å². The molecule has 3 amide bonds. The van der Waals surface area contributed by atoms with Crippen molar-refractivity contribution in [1.29, 1.82) is 0 Å². The Kier molecular flexibility index (Phi) is 6.44. The summed E-state index contributed by atoms with van der Waals surface area (Å²) in [6.07, 6.45) is 3.49. The minimum atomic E-state index is -0.555. The molecule has 4 rings (SSSR count). The highest BCUT2D eigenvalue weighted by atomic mass is 16.5. The van der Waals surface area contributed by atoms with E-state index in [0.717, 1.165) is 5.56 Å². The van der Waals surface area contributed by atoms with Crippen LogP contribution in [-0.2, 0) is 16.1 Å². The van der Waals surface area contributed by atoms with E-state index in [1.807, 2.05) is 36.4 Å². The number of benzene rings is 1. The number of hydrogen-bond donors (Lipinski definition) is 1. The van der Waals surface area contributed by atoms with Crippen molar-refractivity contribution in [3.05, 3.63) is 60.4 Å². The van der Waals surface area contributed by atoms with Crippen LogP contribution >= 0.6 is 0 Å². The van der Waals surface area contributed by atoms with Crippen LogP contribution in [0, 0.1) is 0 Å². The van der Waals surface area contributed by atoms with Crippen LogP contribution in [0.5, 0.6) is 5.75 Å². The topological polar surface area (TPSA) is 84.0 Å². The predicted octanol–water partition coefficient (Wildman–Crippen LogP) is 1.67. The minimum Gasteiger partial charge on any atom is -0.487 e. The quantitative estimate of drug-likeness (QED) is 0.811. The number of aromatic nitrogens is 1. The minimum absolute atomic E-state index is 0.0505. The van der Waals surface area contributed by atoms with Crippen molar-refractivity contribution in [2.24, 2.45) is 0 Å². The molecule has 2 fully saturated rings. The average molecular weight is 410 g/mol. The van der Waals surface area contributed by atoms with Gasteiger partial charge in [0.25, 0.3) is 0 Å². The number of ether oxygens (including phenoxy) is 2. The van der Waals surface area contributed by atoms with E-state index in [4.69, 9.17) is 9.47 Å². The Morgan fingerprint density at radius 1 is 1.13 bits per heavy atom. The molecule has 8 nitrogen and oxygen atoms in total. The standard InChI is InChI=1S/C22H26N4O4/c27-21(25-9-11-29-12-10-25)20-13-19(30-18-7-4-8-23-15-18)16-26(20)22(28)24-14-17-5-2-1-3-6-17/h1-8,15,19-20H,9-14,16H2,(H,24,28)/t19-,20+/m0/s1. The number of urea groups is 1. The molecule has 1 N–H and O–H groups in total. The van der Waals surface area contributed by atoms with Gasteiger partial charge in [0.15, 0.2) is 0 Å². The van der Waals surface area contributed by atoms with Crippen LogP contribution in [0.25, 0.3) is 0 Å². The lowest BCUT2D eigenvalue weighted by Gasteiger charge is -2.32. The molecule has 2 aromatic rings. The summed E-state index contributed by atoms with van der Waals surface area (Å²) in [6.45, 7) is 2.88. The largest absolute Gasteiger partial charge is 0.487 e. The molecule has 1 aromatic heterocycles. The van der Waals surface area contributed by atoms with Gasteiger partial charge in [-0.15, -0.1) is 0 Å². The van der Waals surface area contributed by atoms with Crippen LogP contribution in [0.2, 0.25) is 0 Å². The molecule has 0 aliphatic carbocycles. The SMILES string of the molecule is O=C([C@H]1C[C@H](Oc2cccnc2)CN1C(=O)NCc1ccccc1)N1CCOCC1. The maximum atomic E-state index is 13.2. The lowest BCUT2D eigenvalue weighted by atomic mass is 10.1. The number of carbonyl (C=O) groups is 2. The Morgan fingerprint density at radius 3 is 2.67 bits per heavy atom. The van der Waals surface area contributed by atoms with Gasteiger partial charge in [-0.2, -0.15) is 0 Å². The van der Waals surface area contributed by atoms with Crippen LogP contribution < -0.4 is 10.1 Å². The number of likely N-dealkylation sites (tertiary alicyclic amines) is 1. The van der Waals surface area contributed by atoms with Gasteiger partial charge in [0.05, 0.1) is 26.0 Å². The fraction of sp³-hybridized carbons (Fsp3) is 0.409. The predicted molar refractivity (Wildman–Crippen MR) is 110 cm³/mol. The van der Waals surface area contributed by atoms with E-state index >= 15 is 0 Å². The monoisotopic (exact) mass is 410 g/mol. The highest BCUT2D eigenvalue weighted by Gasteiger charge is 2.42. The molecule has 2 saturated heterocycles. The second kappa shape index (κ2) is 9.58. The number of amides is 3. The summed E-state index contributed by atoms with van der Waals surface area (Å²) in [7, 11) is 0. The van der Waals surface area contributed by atoms with Gasteiger partial charge in [-0.1, -0.05) is 30.3 Å². The van der Waals surface area contributed by atoms with E-state index in [-0.39, 0.29) is 18.0 Å². The molecular formula is C22H26N4O4. The molecule has 8 heteroatoms. The summed E-state index contributed by atoms with van der Waals surface area (Å²) < 4.78 is 11.4.